The third-order valence-corrected chi connectivity index (χ3v) is 6.69. The number of anilines is 2. The minimum atomic E-state index is 0.0997. The van der Waals surface area contributed by atoms with Crippen LogP contribution in [0.4, 0.5) is 10.3 Å². The smallest absolute Gasteiger partial charge is 0.242 e. The number of aromatic nitrogens is 2. The summed E-state index contributed by atoms with van der Waals surface area (Å²) in [6, 6.07) is 10.4. The number of nitrogens with zero attached hydrogens (tertiary/aromatic N) is 6. The van der Waals surface area contributed by atoms with Crippen LogP contribution >= 0.6 is 11.3 Å². The topological polar surface area (TPSA) is 72.9 Å². The SMILES string of the molecule is CN(CC(=O)N1CCN(Cc2ccccc2)CC1)c1nnc(N2CCCCC2=O)s1. The second-order valence-corrected chi connectivity index (χ2v) is 8.80. The fraction of sp³-hybridized carbons (Fsp3) is 0.524. The number of rotatable bonds is 6. The van der Waals surface area contributed by atoms with Crippen molar-refractivity contribution < 1.29 is 9.59 Å². The molecule has 2 aliphatic rings. The van der Waals surface area contributed by atoms with E-state index in [0.717, 1.165) is 45.6 Å². The Kier molecular flexibility index (Phi) is 6.59. The van der Waals surface area contributed by atoms with Crippen LogP contribution in [0.15, 0.2) is 30.3 Å². The van der Waals surface area contributed by atoms with E-state index in [9.17, 15) is 9.59 Å². The monoisotopic (exact) mass is 428 g/mol. The van der Waals surface area contributed by atoms with Crippen LogP contribution in [0.1, 0.15) is 24.8 Å². The molecular formula is C21H28N6O2S. The average molecular weight is 429 g/mol. The third-order valence-electron chi connectivity index (χ3n) is 5.63. The van der Waals surface area contributed by atoms with E-state index in [1.807, 2.05) is 22.9 Å². The van der Waals surface area contributed by atoms with E-state index in [0.29, 0.717) is 23.2 Å². The normalized spacial score (nSPS) is 18.0. The van der Waals surface area contributed by atoms with E-state index >= 15 is 0 Å². The highest BCUT2D eigenvalue weighted by Crippen LogP contribution is 2.29. The molecule has 1 aromatic carbocycles. The quantitative estimate of drug-likeness (QED) is 0.699. The molecule has 2 amide bonds. The molecule has 0 atom stereocenters. The second kappa shape index (κ2) is 9.53. The molecule has 9 heteroatoms. The molecule has 2 aromatic rings. The number of hydrogen-bond donors (Lipinski definition) is 0. The van der Waals surface area contributed by atoms with Crippen molar-refractivity contribution in [2.75, 3.05) is 56.1 Å². The van der Waals surface area contributed by atoms with Crippen molar-refractivity contribution in [2.45, 2.75) is 25.8 Å². The average Bonchev–Trinajstić information content (AvgIpc) is 3.25. The third kappa shape index (κ3) is 4.96. The lowest BCUT2D eigenvalue weighted by Gasteiger charge is -2.35. The van der Waals surface area contributed by atoms with Crippen LogP contribution in [0.25, 0.3) is 0 Å². The first kappa shape index (κ1) is 20.7. The zero-order valence-corrected chi connectivity index (χ0v) is 18.2. The minimum Gasteiger partial charge on any atom is -0.340 e. The molecule has 0 bridgehead atoms. The molecule has 30 heavy (non-hydrogen) atoms. The van der Waals surface area contributed by atoms with Crippen LogP contribution in [0.5, 0.6) is 0 Å². The Morgan fingerprint density at radius 2 is 1.83 bits per heavy atom. The van der Waals surface area contributed by atoms with Gasteiger partial charge in [0.25, 0.3) is 0 Å². The van der Waals surface area contributed by atoms with E-state index in [2.05, 4.69) is 39.4 Å². The van der Waals surface area contributed by atoms with Gasteiger partial charge in [0, 0.05) is 52.7 Å². The Morgan fingerprint density at radius 1 is 1.07 bits per heavy atom. The van der Waals surface area contributed by atoms with Crippen molar-refractivity contribution in [3.63, 3.8) is 0 Å². The summed E-state index contributed by atoms with van der Waals surface area (Å²) >= 11 is 1.37. The van der Waals surface area contributed by atoms with Crippen LogP contribution < -0.4 is 9.80 Å². The summed E-state index contributed by atoms with van der Waals surface area (Å²) in [4.78, 5) is 32.7. The molecule has 1 aromatic heterocycles. The maximum atomic E-state index is 12.8. The van der Waals surface area contributed by atoms with Crippen LogP contribution in [0.3, 0.4) is 0 Å². The summed E-state index contributed by atoms with van der Waals surface area (Å²) in [6.45, 7) is 5.12. The lowest BCUT2D eigenvalue weighted by atomic mass is 10.1. The minimum absolute atomic E-state index is 0.0997. The number of benzene rings is 1. The lowest BCUT2D eigenvalue weighted by molar-refractivity contribution is -0.131. The molecule has 0 unspecified atom stereocenters. The van der Waals surface area contributed by atoms with Gasteiger partial charge in [-0.1, -0.05) is 41.7 Å². The van der Waals surface area contributed by atoms with E-state index in [1.54, 1.807) is 4.90 Å². The fourth-order valence-corrected chi connectivity index (χ4v) is 4.70. The standard InChI is InChI=1S/C21H28N6O2S/c1-24(20-22-23-21(30-20)27-10-6-5-9-18(27)28)16-19(29)26-13-11-25(12-14-26)15-17-7-3-2-4-8-17/h2-4,7-8H,5-6,9-16H2,1H3. The predicted octanol–water partition coefficient (Wildman–Crippen LogP) is 1.84. The molecule has 0 spiro atoms. The molecule has 0 radical (unpaired) electrons. The molecule has 3 heterocycles. The zero-order chi connectivity index (χ0) is 20.9. The fourth-order valence-electron chi connectivity index (χ4n) is 3.85. The maximum Gasteiger partial charge on any atom is 0.242 e. The first-order chi connectivity index (χ1) is 14.6. The predicted molar refractivity (Wildman–Crippen MR) is 118 cm³/mol. The highest BCUT2D eigenvalue weighted by molar-refractivity contribution is 7.19. The summed E-state index contributed by atoms with van der Waals surface area (Å²) in [5.41, 5.74) is 1.30. The summed E-state index contributed by atoms with van der Waals surface area (Å²) in [7, 11) is 1.85. The Labute approximate surface area is 181 Å². The Morgan fingerprint density at radius 3 is 2.57 bits per heavy atom. The number of hydrogen-bond acceptors (Lipinski definition) is 7. The van der Waals surface area contributed by atoms with Gasteiger partial charge in [0.15, 0.2) is 0 Å². The van der Waals surface area contributed by atoms with Gasteiger partial charge in [0.05, 0.1) is 6.54 Å². The maximum absolute atomic E-state index is 12.8. The summed E-state index contributed by atoms with van der Waals surface area (Å²) in [6.07, 6.45) is 2.50. The van der Waals surface area contributed by atoms with Gasteiger partial charge in [-0.3, -0.25) is 19.4 Å². The number of likely N-dealkylation sites (N-methyl/N-ethyl adjacent to an activating group) is 1. The molecule has 2 fully saturated rings. The van der Waals surface area contributed by atoms with Gasteiger partial charge in [0.1, 0.15) is 0 Å². The molecular weight excluding hydrogens is 400 g/mol. The summed E-state index contributed by atoms with van der Waals surface area (Å²) in [5, 5.41) is 9.68. The van der Waals surface area contributed by atoms with Crippen LogP contribution in [0, 0.1) is 0 Å². The van der Waals surface area contributed by atoms with E-state index in [4.69, 9.17) is 0 Å². The molecule has 160 valence electrons. The van der Waals surface area contributed by atoms with Gasteiger partial charge in [0.2, 0.25) is 22.1 Å². The molecule has 0 saturated carbocycles. The largest absolute Gasteiger partial charge is 0.340 e. The molecule has 2 aliphatic heterocycles. The van der Waals surface area contributed by atoms with Crippen molar-refractivity contribution in [1.82, 2.24) is 20.0 Å². The number of piperidine rings is 1. The van der Waals surface area contributed by atoms with Gasteiger partial charge >= 0.3 is 0 Å². The van der Waals surface area contributed by atoms with Crippen molar-refractivity contribution in [2.24, 2.45) is 0 Å². The first-order valence-electron chi connectivity index (χ1n) is 10.5. The van der Waals surface area contributed by atoms with Gasteiger partial charge < -0.3 is 9.80 Å². The Hall–Kier alpha value is -2.52. The van der Waals surface area contributed by atoms with Gasteiger partial charge in [-0.2, -0.15) is 0 Å². The van der Waals surface area contributed by atoms with Crippen molar-refractivity contribution in [1.29, 1.82) is 0 Å². The highest BCUT2D eigenvalue weighted by Gasteiger charge is 2.26. The van der Waals surface area contributed by atoms with Gasteiger partial charge in [-0.25, -0.2) is 0 Å². The summed E-state index contributed by atoms with van der Waals surface area (Å²) in [5.74, 6) is 0.207. The number of carbonyl (C=O) groups is 2. The van der Waals surface area contributed by atoms with E-state index in [-0.39, 0.29) is 18.4 Å². The second-order valence-electron chi connectivity index (χ2n) is 7.87. The van der Waals surface area contributed by atoms with E-state index in [1.165, 1.54) is 16.9 Å². The van der Waals surface area contributed by atoms with Crippen LogP contribution in [0.2, 0.25) is 0 Å². The van der Waals surface area contributed by atoms with Crippen molar-refractivity contribution >= 4 is 33.4 Å². The van der Waals surface area contributed by atoms with Gasteiger partial charge in [-0.05, 0) is 18.4 Å². The van der Waals surface area contributed by atoms with Crippen LogP contribution in [-0.2, 0) is 16.1 Å². The summed E-state index contributed by atoms with van der Waals surface area (Å²) < 4.78 is 0. The first-order valence-corrected chi connectivity index (χ1v) is 11.3. The van der Waals surface area contributed by atoms with Gasteiger partial charge in [-0.15, -0.1) is 10.2 Å². The molecule has 2 saturated heterocycles. The lowest BCUT2D eigenvalue weighted by Crippen LogP contribution is -2.50. The zero-order valence-electron chi connectivity index (χ0n) is 17.4. The molecule has 4 rings (SSSR count). The molecule has 0 N–H and O–H groups in total. The van der Waals surface area contributed by atoms with Crippen molar-refractivity contribution in [3.8, 4) is 0 Å². The number of carbonyl (C=O) groups excluding carboxylic acids is 2. The Balaban J connectivity index is 1.26. The highest BCUT2D eigenvalue weighted by atomic mass is 32.1. The van der Waals surface area contributed by atoms with Crippen molar-refractivity contribution in [3.05, 3.63) is 35.9 Å². The number of piperazine rings is 1. The molecule has 8 nitrogen and oxygen atoms in total. The molecule has 0 aliphatic carbocycles. The Bertz CT molecular complexity index is 865. The van der Waals surface area contributed by atoms with Crippen LogP contribution in [-0.4, -0.2) is 78.1 Å². The van der Waals surface area contributed by atoms with E-state index < -0.39 is 0 Å². The number of amides is 2.